The minimum absolute atomic E-state index is 0.176. The number of nitrogens with zero attached hydrogens (tertiary/aromatic N) is 1. The predicted octanol–water partition coefficient (Wildman–Crippen LogP) is 4.91. The summed E-state index contributed by atoms with van der Waals surface area (Å²) in [6.45, 7) is 10.8. The van der Waals surface area contributed by atoms with Crippen molar-refractivity contribution in [1.82, 2.24) is 4.90 Å². The molecule has 20 heavy (non-hydrogen) atoms. The van der Waals surface area contributed by atoms with Crippen LogP contribution < -0.4 is 0 Å². The van der Waals surface area contributed by atoms with Crippen molar-refractivity contribution in [2.45, 2.75) is 85.2 Å². The summed E-state index contributed by atoms with van der Waals surface area (Å²) >= 11 is 0. The fraction of sp³-hybridized carbons (Fsp3) is 0.824. The summed E-state index contributed by atoms with van der Waals surface area (Å²) in [6, 6.07) is 0.352. The Labute approximate surface area is 124 Å². The molecular weight excluding hydrogens is 250 g/mol. The second-order valence-electron chi connectivity index (χ2n) is 6.45. The molecule has 1 aliphatic rings. The van der Waals surface area contributed by atoms with Crippen LogP contribution in [0, 0.1) is 0 Å². The highest BCUT2D eigenvalue weighted by Crippen LogP contribution is 2.23. The molecule has 0 radical (unpaired) electrons. The summed E-state index contributed by atoms with van der Waals surface area (Å²) in [5.74, 6) is 0. The lowest BCUT2D eigenvalue weighted by atomic mass is 9.95. The van der Waals surface area contributed by atoms with Crippen LogP contribution in [-0.4, -0.2) is 29.7 Å². The molecule has 0 fully saturated rings. The smallest absolute Gasteiger partial charge is 0.410 e. The van der Waals surface area contributed by atoms with E-state index in [9.17, 15) is 4.79 Å². The zero-order valence-corrected chi connectivity index (χ0v) is 13.9. The first-order valence-corrected chi connectivity index (χ1v) is 8.06. The zero-order chi connectivity index (χ0) is 15.1. The van der Waals surface area contributed by atoms with Crippen molar-refractivity contribution in [3.63, 3.8) is 0 Å². The largest absolute Gasteiger partial charge is 0.445 e. The molecule has 0 spiro atoms. The lowest BCUT2D eigenvalue weighted by Crippen LogP contribution is -2.42. The van der Waals surface area contributed by atoms with Gasteiger partial charge >= 0.3 is 6.09 Å². The molecular formula is C17H31NO2. The van der Waals surface area contributed by atoms with Gasteiger partial charge < -0.3 is 9.64 Å². The highest BCUT2D eigenvalue weighted by molar-refractivity contribution is 5.68. The van der Waals surface area contributed by atoms with E-state index in [-0.39, 0.29) is 18.2 Å². The van der Waals surface area contributed by atoms with Crippen molar-refractivity contribution in [2.75, 3.05) is 6.61 Å². The topological polar surface area (TPSA) is 29.5 Å². The fourth-order valence-corrected chi connectivity index (χ4v) is 2.91. The normalized spacial score (nSPS) is 20.8. The van der Waals surface area contributed by atoms with Crippen LogP contribution in [0.4, 0.5) is 4.79 Å². The molecule has 0 atom stereocenters. The van der Waals surface area contributed by atoms with E-state index >= 15 is 0 Å². The molecule has 0 aromatic carbocycles. The van der Waals surface area contributed by atoms with Crippen LogP contribution in [0.2, 0.25) is 0 Å². The minimum Gasteiger partial charge on any atom is -0.445 e. The first kappa shape index (κ1) is 17.1. The standard InChI is InChI=1S/C17H31NO2/c1-13(2)18(14(3)4)17(19)20-12-16-11-9-7-6-8-10-15(16)5/h13-14H,6-12H2,1-5H3/b16-15+. The van der Waals surface area contributed by atoms with Gasteiger partial charge in [-0.3, -0.25) is 0 Å². The molecule has 3 heteroatoms. The molecule has 0 saturated heterocycles. The van der Waals surface area contributed by atoms with Crippen LogP contribution in [0.3, 0.4) is 0 Å². The zero-order valence-electron chi connectivity index (χ0n) is 13.9. The van der Waals surface area contributed by atoms with Gasteiger partial charge in [0.15, 0.2) is 0 Å². The maximum atomic E-state index is 12.2. The fourth-order valence-electron chi connectivity index (χ4n) is 2.91. The van der Waals surface area contributed by atoms with Crippen molar-refractivity contribution >= 4 is 6.09 Å². The minimum atomic E-state index is -0.183. The molecule has 1 rings (SSSR count). The Hall–Kier alpha value is -0.990. The molecule has 116 valence electrons. The van der Waals surface area contributed by atoms with Gasteiger partial charge in [-0.1, -0.05) is 18.4 Å². The Morgan fingerprint density at radius 3 is 2.15 bits per heavy atom. The van der Waals surface area contributed by atoms with Crippen LogP contribution in [0.25, 0.3) is 0 Å². The lowest BCUT2D eigenvalue weighted by Gasteiger charge is -2.30. The molecule has 0 saturated carbocycles. The maximum absolute atomic E-state index is 12.2. The van der Waals surface area contributed by atoms with E-state index in [4.69, 9.17) is 4.74 Å². The average molecular weight is 281 g/mol. The highest BCUT2D eigenvalue weighted by Gasteiger charge is 2.22. The van der Waals surface area contributed by atoms with Crippen molar-refractivity contribution in [1.29, 1.82) is 0 Å². The Bertz CT molecular complexity index is 337. The quantitative estimate of drug-likeness (QED) is 0.685. The molecule has 0 aromatic rings. The van der Waals surface area contributed by atoms with Crippen molar-refractivity contribution < 1.29 is 9.53 Å². The van der Waals surface area contributed by atoms with Crippen LogP contribution in [0.1, 0.15) is 73.1 Å². The Kier molecular flexibility index (Phi) is 7.11. The molecule has 0 aliphatic heterocycles. The van der Waals surface area contributed by atoms with Crippen molar-refractivity contribution in [3.8, 4) is 0 Å². The van der Waals surface area contributed by atoms with Gasteiger partial charge in [-0.05, 0) is 65.9 Å². The average Bonchev–Trinajstić information content (AvgIpc) is 2.32. The van der Waals surface area contributed by atoms with Gasteiger partial charge in [-0.25, -0.2) is 4.79 Å². The molecule has 0 bridgehead atoms. The van der Waals surface area contributed by atoms with Gasteiger partial charge in [-0.15, -0.1) is 0 Å². The second kappa shape index (κ2) is 8.33. The molecule has 0 aromatic heterocycles. The van der Waals surface area contributed by atoms with Crippen molar-refractivity contribution in [3.05, 3.63) is 11.1 Å². The number of hydrogen-bond donors (Lipinski definition) is 0. The van der Waals surface area contributed by atoms with Gasteiger partial charge in [-0.2, -0.15) is 0 Å². The Morgan fingerprint density at radius 1 is 1.05 bits per heavy atom. The molecule has 0 unspecified atom stereocenters. The number of hydrogen-bond acceptors (Lipinski definition) is 2. The van der Waals surface area contributed by atoms with E-state index in [2.05, 4.69) is 6.92 Å². The second-order valence-corrected chi connectivity index (χ2v) is 6.45. The van der Waals surface area contributed by atoms with E-state index in [0.29, 0.717) is 6.61 Å². The summed E-state index contributed by atoms with van der Waals surface area (Å²) in [5.41, 5.74) is 2.77. The first-order chi connectivity index (χ1) is 9.43. The molecule has 3 nitrogen and oxygen atoms in total. The molecule has 1 amide bonds. The predicted molar refractivity (Wildman–Crippen MR) is 83.9 cm³/mol. The third-order valence-corrected chi connectivity index (χ3v) is 4.08. The summed E-state index contributed by atoms with van der Waals surface area (Å²) in [4.78, 5) is 14.0. The van der Waals surface area contributed by atoms with Crippen molar-refractivity contribution in [2.24, 2.45) is 0 Å². The van der Waals surface area contributed by atoms with E-state index in [1.165, 1.54) is 36.8 Å². The number of carbonyl (C=O) groups is 1. The first-order valence-electron chi connectivity index (χ1n) is 8.06. The number of carbonyl (C=O) groups excluding carboxylic acids is 1. The van der Waals surface area contributed by atoms with E-state index < -0.39 is 0 Å². The van der Waals surface area contributed by atoms with E-state index in [1.807, 2.05) is 27.7 Å². The van der Waals surface area contributed by atoms with Gasteiger partial charge in [0.2, 0.25) is 0 Å². The number of ether oxygens (including phenoxy) is 1. The summed E-state index contributed by atoms with van der Waals surface area (Å²) in [5, 5.41) is 0. The molecule has 1 aliphatic carbocycles. The third-order valence-electron chi connectivity index (χ3n) is 4.08. The lowest BCUT2D eigenvalue weighted by molar-refractivity contribution is 0.0849. The Balaban J connectivity index is 2.59. The SMILES string of the molecule is C/C1=C(\COC(=O)N(C(C)C)C(C)C)CCCCCC1. The summed E-state index contributed by atoms with van der Waals surface area (Å²) in [7, 11) is 0. The maximum Gasteiger partial charge on any atom is 0.410 e. The van der Waals surface area contributed by atoms with Crippen LogP contribution in [-0.2, 0) is 4.74 Å². The Morgan fingerprint density at radius 2 is 1.60 bits per heavy atom. The molecule has 0 N–H and O–H groups in total. The van der Waals surface area contributed by atoms with Crippen LogP contribution in [0.5, 0.6) is 0 Å². The van der Waals surface area contributed by atoms with Gasteiger partial charge in [0.1, 0.15) is 6.61 Å². The van der Waals surface area contributed by atoms with Crippen LogP contribution in [0.15, 0.2) is 11.1 Å². The third kappa shape index (κ3) is 5.18. The highest BCUT2D eigenvalue weighted by atomic mass is 16.6. The summed E-state index contributed by atoms with van der Waals surface area (Å²) in [6.07, 6.45) is 7.19. The number of allylic oxidation sites excluding steroid dienone is 1. The monoisotopic (exact) mass is 281 g/mol. The molecule has 0 heterocycles. The van der Waals surface area contributed by atoms with E-state index in [0.717, 1.165) is 12.8 Å². The van der Waals surface area contributed by atoms with Crippen LogP contribution >= 0.6 is 0 Å². The number of amides is 1. The van der Waals surface area contributed by atoms with Gasteiger partial charge in [0.25, 0.3) is 0 Å². The summed E-state index contributed by atoms with van der Waals surface area (Å²) < 4.78 is 5.56. The van der Waals surface area contributed by atoms with Gasteiger partial charge in [0.05, 0.1) is 0 Å². The number of rotatable bonds is 4. The van der Waals surface area contributed by atoms with Gasteiger partial charge in [0, 0.05) is 12.1 Å². The van der Waals surface area contributed by atoms with E-state index in [1.54, 1.807) is 4.90 Å².